The maximum atomic E-state index is 11.9. The fourth-order valence-corrected chi connectivity index (χ4v) is 0.195. The number of hydrogen-bond donors (Lipinski definition) is 2. The average molecular weight is 117 g/mol. The van der Waals surface area contributed by atoms with Gasteiger partial charge in [0.05, 0.1) is 0 Å². The predicted octanol–water partition coefficient (Wildman–Crippen LogP) is -0.259. The van der Waals surface area contributed by atoms with Gasteiger partial charge in [-0.25, -0.2) is 9.38 Å². The van der Waals surface area contributed by atoms with Gasteiger partial charge in [0, 0.05) is 0 Å². The Labute approximate surface area is 46.9 Å². The summed E-state index contributed by atoms with van der Waals surface area (Å²) < 4.78 is 11.9. The minimum absolute atomic E-state index is 0.266. The number of rotatable bonds is 2. The van der Waals surface area contributed by atoms with E-state index in [1.807, 2.05) is 0 Å². The topological polar surface area (TPSA) is 64.4 Å². The predicted molar refractivity (Wildman–Crippen MR) is 30.9 cm³/mol. The number of hydrogen-bond acceptors (Lipinski definition) is 1. The lowest BCUT2D eigenvalue weighted by atomic mass is 10.6. The third-order valence-corrected chi connectivity index (χ3v) is 0.467. The molecule has 0 saturated heterocycles. The van der Waals surface area contributed by atoms with Crippen molar-refractivity contribution in [2.24, 2.45) is 16.5 Å². The van der Waals surface area contributed by atoms with Crippen LogP contribution in [0.1, 0.15) is 0 Å². The summed E-state index contributed by atoms with van der Waals surface area (Å²) in [6.07, 6.45) is -0.472. The second-order valence-corrected chi connectivity index (χ2v) is 1.16. The average Bonchev–Trinajstić information content (AvgIpc) is 1.65. The first kappa shape index (κ1) is 6.94. The van der Waals surface area contributed by atoms with Gasteiger partial charge in [0.1, 0.15) is 0 Å². The van der Waals surface area contributed by atoms with E-state index in [0.717, 1.165) is 6.08 Å². The maximum absolute atomic E-state index is 11.9. The van der Waals surface area contributed by atoms with Crippen molar-refractivity contribution in [2.45, 2.75) is 6.30 Å². The quantitative estimate of drug-likeness (QED) is 0.226. The highest BCUT2D eigenvalue weighted by atomic mass is 19.1. The number of aliphatic imine (C=N–C) groups is 1. The van der Waals surface area contributed by atoms with Crippen LogP contribution in [0, 0.1) is 0 Å². The van der Waals surface area contributed by atoms with Crippen molar-refractivity contribution in [3.05, 3.63) is 12.7 Å². The van der Waals surface area contributed by atoms with Crippen molar-refractivity contribution < 1.29 is 4.39 Å². The lowest BCUT2D eigenvalue weighted by molar-refractivity contribution is 0.415. The van der Waals surface area contributed by atoms with E-state index in [0.29, 0.717) is 0 Å². The third-order valence-electron chi connectivity index (χ3n) is 0.467. The number of halogens is 1. The second kappa shape index (κ2) is 3.01. The highest BCUT2D eigenvalue weighted by molar-refractivity contribution is 5.75. The molecular formula is C4H8FN3. The van der Waals surface area contributed by atoms with Crippen molar-refractivity contribution in [1.82, 2.24) is 0 Å². The molecule has 3 nitrogen and oxygen atoms in total. The molecule has 46 valence electrons. The number of guanidine groups is 1. The SMILES string of the molecule is C=C[C@H](F)N=C(N)N. The summed E-state index contributed by atoms with van der Waals surface area (Å²) >= 11 is 0. The fraction of sp³-hybridized carbons (Fsp3) is 0.250. The summed E-state index contributed by atoms with van der Waals surface area (Å²) in [5.41, 5.74) is 9.62. The molecule has 0 radical (unpaired) electrons. The van der Waals surface area contributed by atoms with Gasteiger partial charge in [0.2, 0.25) is 6.30 Å². The molecule has 0 saturated carbocycles. The summed E-state index contributed by atoms with van der Waals surface area (Å²) in [6, 6.07) is 0. The molecule has 0 fully saturated rings. The van der Waals surface area contributed by atoms with Gasteiger partial charge >= 0.3 is 0 Å². The summed E-state index contributed by atoms with van der Waals surface area (Å²) in [6.45, 7) is 3.12. The highest BCUT2D eigenvalue weighted by Gasteiger charge is 1.92. The zero-order valence-electron chi connectivity index (χ0n) is 4.34. The normalized spacial score (nSPS) is 12.1. The second-order valence-electron chi connectivity index (χ2n) is 1.16. The molecule has 0 aliphatic carbocycles. The van der Waals surface area contributed by atoms with Crippen LogP contribution in [0.4, 0.5) is 4.39 Å². The zero-order chi connectivity index (χ0) is 6.57. The Morgan fingerprint density at radius 3 is 2.38 bits per heavy atom. The number of nitrogens with two attached hydrogens (primary N) is 2. The Morgan fingerprint density at radius 1 is 1.75 bits per heavy atom. The monoisotopic (exact) mass is 117 g/mol. The number of nitrogens with zero attached hydrogens (tertiary/aromatic N) is 1. The molecule has 0 bridgehead atoms. The van der Waals surface area contributed by atoms with Crippen LogP contribution in [0.3, 0.4) is 0 Å². The summed E-state index contributed by atoms with van der Waals surface area (Å²) in [5, 5.41) is 0. The molecular weight excluding hydrogens is 109 g/mol. The van der Waals surface area contributed by atoms with Crippen molar-refractivity contribution in [1.29, 1.82) is 0 Å². The van der Waals surface area contributed by atoms with Gasteiger partial charge in [-0.3, -0.25) is 0 Å². The van der Waals surface area contributed by atoms with Crippen LogP contribution < -0.4 is 11.5 Å². The minimum atomic E-state index is -1.47. The van der Waals surface area contributed by atoms with E-state index in [2.05, 4.69) is 11.6 Å². The van der Waals surface area contributed by atoms with Gasteiger partial charge in [0.25, 0.3) is 0 Å². The van der Waals surface area contributed by atoms with E-state index in [1.54, 1.807) is 0 Å². The highest BCUT2D eigenvalue weighted by Crippen LogP contribution is 1.90. The molecule has 1 atom stereocenters. The molecule has 4 heteroatoms. The molecule has 0 rings (SSSR count). The first-order valence-corrected chi connectivity index (χ1v) is 2.02. The largest absolute Gasteiger partial charge is 0.370 e. The molecule has 0 unspecified atom stereocenters. The van der Waals surface area contributed by atoms with E-state index in [1.165, 1.54) is 0 Å². The molecule has 0 spiro atoms. The Hall–Kier alpha value is -1.06. The smallest absolute Gasteiger partial charge is 0.211 e. The molecule has 0 aromatic carbocycles. The van der Waals surface area contributed by atoms with Gasteiger partial charge < -0.3 is 11.5 Å². The Kier molecular flexibility index (Phi) is 2.61. The maximum Gasteiger partial charge on any atom is 0.211 e. The minimum Gasteiger partial charge on any atom is -0.370 e. The van der Waals surface area contributed by atoms with Gasteiger partial charge in [-0.1, -0.05) is 6.58 Å². The van der Waals surface area contributed by atoms with Gasteiger partial charge in [-0.2, -0.15) is 0 Å². The Balaban J connectivity index is 3.68. The van der Waals surface area contributed by atoms with Crippen LogP contribution in [-0.2, 0) is 0 Å². The molecule has 0 aliphatic heterocycles. The van der Waals surface area contributed by atoms with Crippen LogP contribution in [0.25, 0.3) is 0 Å². The van der Waals surface area contributed by atoms with Gasteiger partial charge in [-0.05, 0) is 6.08 Å². The Bertz CT molecular complexity index is 106. The van der Waals surface area contributed by atoms with E-state index >= 15 is 0 Å². The van der Waals surface area contributed by atoms with Crippen molar-refractivity contribution in [3.63, 3.8) is 0 Å². The molecule has 0 heterocycles. The Morgan fingerprint density at radius 2 is 2.25 bits per heavy atom. The van der Waals surface area contributed by atoms with Gasteiger partial charge in [0.15, 0.2) is 5.96 Å². The summed E-state index contributed by atoms with van der Waals surface area (Å²) in [4.78, 5) is 3.08. The molecule has 0 aromatic heterocycles. The van der Waals surface area contributed by atoms with E-state index in [-0.39, 0.29) is 5.96 Å². The molecule has 0 aliphatic rings. The van der Waals surface area contributed by atoms with E-state index in [4.69, 9.17) is 11.5 Å². The van der Waals surface area contributed by atoms with Crippen LogP contribution in [0.2, 0.25) is 0 Å². The molecule has 8 heavy (non-hydrogen) atoms. The van der Waals surface area contributed by atoms with Gasteiger partial charge in [-0.15, -0.1) is 0 Å². The molecule has 0 amide bonds. The van der Waals surface area contributed by atoms with Crippen molar-refractivity contribution in [2.75, 3.05) is 0 Å². The van der Waals surface area contributed by atoms with Crippen LogP contribution in [-0.4, -0.2) is 12.3 Å². The lowest BCUT2D eigenvalue weighted by Gasteiger charge is -1.92. The van der Waals surface area contributed by atoms with Crippen LogP contribution >= 0.6 is 0 Å². The van der Waals surface area contributed by atoms with E-state index in [9.17, 15) is 4.39 Å². The van der Waals surface area contributed by atoms with E-state index < -0.39 is 6.30 Å². The number of alkyl halides is 1. The standard InChI is InChI=1S/C4H8FN3/c1-2-3(5)8-4(6)7/h2-3H,1H2,(H4,6,7,8)/t3-/m1/s1. The summed E-state index contributed by atoms with van der Waals surface area (Å²) in [5.74, 6) is -0.266. The fourth-order valence-electron chi connectivity index (χ4n) is 0.195. The third kappa shape index (κ3) is 3.14. The summed E-state index contributed by atoms with van der Waals surface area (Å²) in [7, 11) is 0. The lowest BCUT2D eigenvalue weighted by Crippen LogP contribution is -2.24. The first-order valence-electron chi connectivity index (χ1n) is 2.02. The van der Waals surface area contributed by atoms with Crippen molar-refractivity contribution >= 4 is 5.96 Å². The first-order chi connectivity index (χ1) is 3.66. The van der Waals surface area contributed by atoms with Crippen LogP contribution in [0.5, 0.6) is 0 Å². The van der Waals surface area contributed by atoms with Crippen LogP contribution in [0.15, 0.2) is 17.6 Å². The zero-order valence-corrected chi connectivity index (χ0v) is 4.34. The van der Waals surface area contributed by atoms with Crippen molar-refractivity contribution in [3.8, 4) is 0 Å². The molecule has 4 N–H and O–H groups in total. The molecule has 0 aromatic rings.